The van der Waals surface area contributed by atoms with Crippen LogP contribution in [0.1, 0.15) is 17.2 Å². The lowest BCUT2D eigenvalue weighted by Gasteiger charge is -2.25. The third-order valence-electron chi connectivity index (χ3n) is 3.36. The van der Waals surface area contributed by atoms with E-state index in [9.17, 15) is 9.18 Å². The Labute approximate surface area is 137 Å². The van der Waals surface area contributed by atoms with E-state index in [1.807, 2.05) is 42.5 Å². The fourth-order valence-electron chi connectivity index (χ4n) is 2.05. The summed E-state index contributed by atoms with van der Waals surface area (Å²) in [6, 6.07) is 15.9. The zero-order valence-electron chi connectivity index (χ0n) is 12.2. The number of rotatable bonds is 5. The van der Waals surface area contributed by atoms with Crippen LogP contribution in [0.3, 0.4) is 0 Å². The summed E-state index contributed by atoms with van der Waals surface area (Å²) in [5.74, 6) is 0. The maximum atomic E-state index is 13.4. The van der Waals surface area contributed by atoms with E-state index in [0.29, 0.717) is 0 Å². The number of carbonyl (C=O) groups is 1. The van der Waals surface area contributed by atoms with Gasteiger partial charge in [-0.3, -0.25) is 0 Å². The molecule has 0 fully saturated rings. The normalized spacial score (nSPS) is 11.8. The van der Waals surface area contributed by atoms with Gasteiger partial charge in [0, 0.05) is 11.5 Å². The maximum absolute atomic E-state index is 13.4. The SMILES string of the molecule is CN(C(=O)OCc1ccccc1)C(CF)c1ccc(Br)cc1. The Kier molecular flexibility index (Phi) is 5.95. The van der Waals surface area contributed by atoms with Crippen LogP contribution < -0.4 is 0 Å². The molecule has 0 aromatic heterocycles. The molecule has 22 heavy (non-hydrogen) atoms. The van der Waals surface area contributed by atoms with Gasteiger partial charge < -0.3 is 9.64 Å². The average molecular weight is 366 g/mol. The summed E-state index contributed by atoms with van der Waals surface area (Å²) in [5, 5.41) is 0. The lowest BCUT2D eigenvalue weighted by atomic mass is 10.1. The number of hydrogen-bond donors (Lipinski definition) is 0. The first kappa shape index (κ1) is 16.5. The third kappa shape index (κ3) is 4.31. The predicted molar refractivity (Wildman–Crippen MR) is 87.2 cm³/mol. The minimum atomic E-state index is -0.668. The highest BCUT2D eigenvalue weighted by atomic mass is 79.9. The Morgan fingerprint density at radius 2 is 1.82 bits per heavy atom. The molecule has 1 amide bonds. The molecule has 5 heteroatoms. The molecule has 1 atom stereocenters. The van der Waals surface area contributed by atoms with Crippen molar-refractivity contribution in [2.24, 2.45) is 0 Å². The van der Waals surface area contributed by atoms with E-state index in [2.05, 4.69) is 15.9 Å². The van der Waals surface area contributed by atoms with Crippen molar-refractivity contribution < 1.29 is 13.9 Å². The van der Waals surface area contributed by atoms with Gasteiger partial charge in [-0.1, -0.05) is 58.4 Å². The van der Waals surface area contributed by atoms with Crippen molar-refractivity contribution >= 4 is 22.0 Å². The summed E-state index contributed by atoms with van der Waals surface area (Å²) in [5.41, 5.74) is 1.62. The van der Waals surface area contributed by atoms with Crippen molar-refractivity contribution in [2.75, 3.05) is 13.7 Å². The Morgan fingerprint density at radius 3 is 2.41 bits per heavy atom. The van der Waals surface area contributed by atoms with Crippen molar-refractivity contribution in [3.05, 3.63) is 70.2 Å². The van der Waals surface area contributed by atoms with Crippen LogP contribution in [-0.4, -0.2) is 24.7 Å². The third-order valence-corrected chi connectivity index (χ3v) is 3.89. The quantitative estimate of drug-likeness (QED) is 0.766. The van der Waals surface area contributed by atoms with E-state index in [4.69, 9.17) is 4.74 Å². The average Bonchev–Trinajstić information content (AvgIpc) is 2.56. The highest BCUT2D eigenvalue weighted by molar-refractivity contribution is 9.10. The zero-order chi connectivity index (χ0) is 15.9. The molecule has 0 saturated heterocycles. The van der Waals surface area contributed by atoms with Crippen LogP contribution in [0, 0.1) is 0 Å². The molecule has 0 spiro atoms. The number of hydrogen-bond acceptors (Lipinski definition) is 2. The minimum Gasteiger partial charge on any atom is -0.445 e. The summed E-state index contributed by atoms with van der Waals surface area (Å²) in [7, 11) is 1.54. The van der Waals surface area contributed by atoms with Gasteiger partial charge in [-0.15, -0.1) is 0 Å². The Morgan fingerprint density at radius 1 is 1.18 bits per heavy atom. The maximum Gasteiger partial charge on any atom is 0.410 e. The monoisotopic (exact) mass is 365 g/mol. The molecule has 0 radical (unpaired) electrons. The van der Waals surface area contributed by atoms with Crippen molar-refractivity contribution in [2.45, 2.75) is 12.6 Å². The Hall–Kier alpha value is -1.88. The molecule has 2 aromatic carbocycles. The molecule has 116 valence electrons. The minimum absolute atomic E-state index is 0.170. The van der Waals surface area contributed by atoms with Gasteiger partial charge in [0.1, 0.15) is 13.3 Å². The standard InChI is InChI=1S/C17H17BrFNO2/c1-20(16(11-19)14-7-9-15(18)10-8-14)17(21)22-12-13-5-3-2-4-6-13/h2-10,16H,11-12H2,1H3. The zero-order valence-corrected chi connectivity index (χ0v) is 13.8. The molecule has 0 N–H and O–H groups in total. The van der Waals surface area contributed by atoms with E-state index in [1.165, 1.54) is 4.90 Å². The molecular weight excluding hydrogens is 349 g/mol. The highest BCUT2D eigenvalue weighted by Gasteiger charge is 2.22. The number of benzene rings is 2. The molecule has 0 bridgehead atoms. The van der Waals surface area contributed by atoms with Gasteiger partial charge in [0.2, 0.25) is 0 Å². The van der Waals surface area contributed by atoms with Crippen LogP contribution >= 0.6 is 15.9 Å². The van der Waals surface area contributed by atoms with Gasteiger partial charge in [-0.25, -0.2) is 9.18 Å². The van der Waals surface area contributed by atoms with Crippen molar-refractivity contribution in [3.63, 3.8) is 0 Å². The summed E-state index contributed by atoms with van der Waals surface area (Å²) >= 11 is 3.33. The van der Waals surface area contributed by atoms with E-state index in [-0.39, 0.29) is 6.61 Å². The Bertz CT molecular complexity index is 604. The largest absolute Gasteiger partial charge is 0.445 e. The van der Waals surface area contributed by atoms with Crippen molar-refractivity contribution in [3.8, 4) is 0 Å². The molecule has 1 unspecified atom stereocenters. The van der Waals surface area contributed by atoms with Crippen LogP contribution in [0.25, 0.3) is 0 Å². The summed E-state index contributed by atoms with van der Waals surface area (Å²) in [4.78, 5) is 13.4. The number of nitrogens with zero attached hydrogens (tertiary/aromatic N) is 1. The van der Waals surface area contributed by atoms with Crippen LogP contribution in [0.5, 0.6) is 0 Å². The topological polar surface area (TPSA) is 29.5 Å². The second-order valence-corrected chi connectivity index (χ2v) is 5.79. The smallest absolute Gasteiger partial charge is 0.410 e. The summed E-state index contributed by atoms with van der Waals surface area (Å²) in [6.07, 6.45) is -0.547. The molecule has 0 aliphatic rings. The molecule has 0 heterocycles. The number of halogens is 2. The molecule has 3 nitrogen and oxygen atoms in total. The van der Waals surface area contributed by atoms with Gasteiger partial charge >= 0.3 is 6.09 Å². The number of carbonyl (C=O) groups excluding carboxylic acids is 1. The number of amides is 1. The Balaban J connectivity index is 1.99. The molecule has 2 aromatic rings. The second kappa shape index (κ2) is 7.94. The summed E-state index contributed by atoms with van der Waals surface area (Å²) < 4.78 is 19.5. The lowest BCUT2D eigenvalue weighted by molar-refractivity contribution is 0.0855. The van der Waals surface area contributed by atoms with Crippen LogP contribution in [0.15, 0.2) is 59.1 Å². The number of ether oxygens (including phenoxy) is 1. The van der Waals surface area contributed by atoms with E-state index >= 15 is 0 Å². The van der Waals surface area contributed by atoms with Gasteiger partial charge in [-0.2, -0.15) is 0 Å². The van der Waals surface area contributed by atoms with Crippen molar-refractivity contribution in [1.82, 2.24) is 4.90 Å². The van der Waals surface area contributed by atoms with Gasteiger partial charge in [0.25, 0.3) is 0 Å². The van der Waals surface area contributed by atoms with Gasteiger partial charge in [0.15, 0.2) is 0 Å². The first-order valence-corrected chi connectivity index (χ1v) is 7.66. The lowest BCUT2D eigenvalue weighted by Crippen LogP contribution is -2.32. The van der Waals surface area contributed by atoms with Crippen LogP contribution in [-0.2, 0) is 11.3 Å². The van der Waals surface area contributed by atoms with E-state index in [0.717, 1.165) is 15.6 Å². The highest BCUT2D eigenvalue weighted by Crippen LogP contribution is 2.23. The predicted octanol–water partition coefficient (Wildman–Crippen LogP) is 4.73. The van der Waals surface area contributed by atoms with Gasteiger partial charge in [0.05, 0.1) is 6.04 Å². The van der Waals surface area contributed by atoms with Gasteiger partial charge in [-0.05, 0) is 23.3 Å². The second-order valence-electron chi connectivity index (χ2n) is 4.87. The molecule has 0 saturated carbocycles. The van der Waals surface area contributed by atoms with E-state index < -0.39 is 18.8 Å². The molecular formula is C17H17BrFNO2. The first-order chi connectivity index (χ1) is 10.6. The molecule has 0 aliphatic carbocycles. The van der Waals surface area contributed by atoms with Crippen LogP contribution in [0.4, 0.5) is 9.18 Å². The molecule has 2 rings (SSSR count). The summed E-state index contributed by atoms with van der Waals surface area (Å²) in [6.45, 7) is -0.498. The number of alkyl halides is 1. The fourth-order valence-corrected chi connectivity index (χ4v) is 2.31. The van der Waals surface area contributed by atoms with Crippen molar-refractivity contribution in [1.29, 1.82) is 0 Å². The molecule has 0 aliphatic heterocycles. The fraction of sp³-hybridized carbons (Fsp3) is 0.235. The van der Waals surface area contributed by atoms with Crippen LogP contribution in [0.2, 0.25) is 0 Å². The van der Waals surface area contributed by atoms with E-state index in [1.54, 1.807) is 19.2 Å². The first-order valence-electron chi connectivity index (χ1n) is 6.86.